The molecular formula is C13H15FN2O2. The highest BCUT2D eigenvalue weighted by Crippen LogP contribution is 2.32. The standard InChI is InChI=1S/C13H15FN2O2/c1-8-6-9-11(10(14)7-8)16(5-4-15(2)3)13(18)12(9)17/h6-7H,4-5H2,1-3H3. The van der Waals surface area contributed by atoms with Crippen molar-refractivity contribution in [3.05, 3.63) is 29.1 Å². The number of carbonyl (C=O) groups excluding carboxylic acids is 2. The summed E-state index contributed by atoms with van der Waals surface area (Å²) in [5.41, 5.74) is 0.940. The minimum absolute atomic E-state index is 0.123. The number of ketones is 1. The van der Waals surface area contributed by atoms with Gasteiger partial charge in [0, 0.05) is 13.1 Å². The van der Waals surface area contributed by atoms with Gasteiger partial charge in [0.05, 0.1) is 11.3 Å². The van der Waals surface area contributed by atoms with Crippen LogP contribution in [0.2, 0.25) is 0 Å². The predicted octanol–water partition coefficient (Wildman–Crippen LogP) is 1.23. The Balaban J connectivity index is 2.42. The fraction of sp³-hybridized carbons (Fsp3) is 0.385. The Hall–Kier alpha value is -1.75. The molecule has 1 aromatic carbocycles. The van der Waals surface area contributed by atoms with Gasteiger partial charge in [-0.1, -0.05) is 0 Å². The number of amides is 1. The number of hydrogen-bond acceptors (Lipinski definition) is 3. The smallest absolute Gasteiger partial charge is 0.299 e. The molecule has 0 atom stereocenters. The summed E-state index contributed by atoms with van der Waals surface area (Å²) in [5, 5.41) is 0. The Kier molecular flexibility index (Phi) is 3.17. The molecule has 1 amide bonds. The van der Waals surface area contributed by atoms with Crippen molar-refractivity contribution < 1.29 is 14.0 Å². The molecule has 2 rings (SSSR count). The Morgan fingerprint density at radius 1 is 1.28 bits per heavy atom. The molecule has 1 aliphatic rings. The van der Waals surface area contributed by atoms with Crippen LogP contribution >= 0.6 is 0 Å². The van der Waals surface area contributed by atoms with E-state index in [1.807, 2.05) is 19.0 Å². The Morgan fingerprint density at radius 3 is 2.56 bits per heavy atom. The number of carbonyl (C=O) groups is 2. The summed E-state index contributed by atoms with van der Waals surface area (Å²) in [6.45, 7) is 2.58. The molecule has 0 spiro atoms. The molecule has 0 radical (unpaired) electrons. The first-order valence-electron chi connectivity index (χ1n) is 5.73. The van der Waals surface area contributed by atoms with E-state index in [1.165, 1.54) is 11.0 Å². The summed E-state index contributed by atoms with van der Waals surface area (Å²) in [5.74, 6) is -1.77. The fourth-order valence-corrected chi connectivity index (χ4v) is 2.03. The maximum absolute atomic E-state index is 13.9. The number of Topliss-reactive ketones (excluding diaryl/α,β-unsaturated/α-hetero) is 1. The lowest BCUT2D eigenvalue weighted by Gasteiger charge is -2.19. The van der Waals surface area contributed by atoms with Gasteiger partial charge in [-0.25, -0.2) is 4.39 Å². The number of benzene rings is 1. The topological polar surface area (TPSA) is 40.6 Å². The van der Waals surface area contributed by atoms with E-state index in [-0.39, 0.29) is 11.3 Å². The zero-order valence-corrected chi connectivity index (χ0v) is 10.7. The lowest BCUT2D eigenvalue weighted by atomic mass is 10.1. The number of nitrogens with zero attached hydrogens (tertiary/aromatic N) is 2. The highest BCUT2D eigenvalue weighted by Gasteiger charge is 2.37. The van der Waals surface area contributed by atoms with Crippen molar-refractivity contribution in [2.24, 2.45) is 0 Å². The second-order valence-corrected chi connectivity index (χ2v) is 4.73. The molecule has 0 unspecified atom stereocenters. The number of hydrogen-bond donors (Lipinski definition) is 0. The fourth-order valence-electron chi connectivity index (χ4n) is 2.03. The van der Waals surface area contributed by atoms with Crippen LogP contribution in [-0.4, -0.2) is 43.8 Å². The van der Waals surface area contributed by atoms with Crippen molar-refractivity contribution in [3.63, 3.8) is 0 Å². The van der Waals surface area contributed by atoms with Gasteiger partial charge in [0.2, 0.25) is 0 Å². The second-order valence-electron chi connectivity index (χ2n) is 4.73. The Morgan fingerprint density at radius 2 is 1.94 bits per heavy atom. The highest BCUT2D eigenvalue weighted by atomic mass is 19.1. The summed E-state index contributed by atoms with van der Waals surface area (Å²) in [7, 11) is 3.71. The van der Waals surface area contributed by atoms with Crippen molar-refractivity contribution in [2.45, 2.75) is 6.92 Å². The third kappa shape index (κ3) is 2.01. The molecule has 0 aliphatic carbocycles. The third-order valence-corrected chi connectivity index (χ3v) is 2.93. The number of halogens is 1. The molecular weight excluding hydrogens is 235 g/mol. The van der Waals surface area contributed by atoms with Crippen molar-refractivity contribution in [1.29, 1.82) is 0 Å². The van der Waals surface area contributed by atoms with Gasteiger partial charge in [-0.15, -0.1) is 0 Å². The van der Waals surface area contributed by atoms with E-state index in [9.17, 15) is 14.0 Å². The van der Waals surface area contributed by atoms with Gasteiger partial charge in [-0.2, -0.15) is 0 Å². The van der Waals surface area contributed by atoms with Crippen molar-refractivity contribution in [2.75, 3.05) is 32.1 Å². The van der Waals surface area contributed by atoms with Crippen LogP contribution in [0.15, 0.2) is 12.1 Å². The summed E-state index contributed by atoms with van der Waals surface area (Å²) < 4.78 is 13.9. The number of aryl methyl sites for hydroxylation is 1. The van der Waals surface area contributed by atoms with Crippen molar-refractivity contribution in [1.82, 2.24) is 4.90 Å². The number of likely N-dealkylation sites (N-methyl/N-ethyl adjacent to an activating group) is 1. The molecule has 1 aliphatic heterocycles. The zero-order chi connectivity index (χ0) is 13.4. The monoisotopic (exact) mass is 250 g/mol. The van der Waals surface area contributed by atoms with E-state index in [1.54, 1.807) is 13.0 Å². The minimum Gasteiger partial charge on any atom is -0.308 e. The average molecular weight is 250 g/mol. The Bertz CT molecular complexity index is 526. The highest BCUT2D eigenvalue weighted by molar-refractivity contribution is 6.52. The van der Waals surface area contributed by atoms with E-state index in [4.69, 9.17) is 0 Å². The van der Waals surface area contributed by atoms with E-state index >= 15 is 0 Å². The summed E-state index contributed by atoms with van der Waals surface area (Å²) in [4.78, 5) is 26.7. The van der Waals surface area contributed by atoms with Crippen LogP contribution in [0.5, 0.6) is 0 Å². The average Bonchev–Trinajstić information content (AvgIpc) is 2.51. The van der Waals surface area contributed by atoms with Gasteiger partial charge in [-0.05, 0) is 38.7 Å². The summed E-state index contributed by atoms with van der Waals surface area (Å²) in [6, 6.07) is 2.90. The maximum Gasteiger partial charge on any atom is 0.299 e. The molecule has 5 heteroatoms. The van der Waals surface area contributed by atoms with Crippen LogP contribution in [0.4, 0.5) is 10.1 Å². The molecule has 0 aromatic heterocycles. The van der Waals surface area contributed by atoms with E-state index in [2.05, 4.69) is 0 Å². The molecule has 1 aromatic rings. The molecule has 0 saturated carbocycles. The van der Waals surface area contributed by atoms with E-state index < -0.39 is 17.5 Å². The van der Waals surface area contributed by atoms with Crippen LogP contribution in [0.25, 0.3) is 0 Å². The second kappa shape index (κ2) is 4.49. The van der Waals surface area contributed by atoms with Crippen LogP contribution in [0, 0.1) is 12.7 Å². The largest absolute Gasteiger partial charge is 0.308 e. The summed E-state index contributed by atoms with van der Waals surface area (Å²) >= 11 is 0. The van der Waals surface area contributed by atoms with E-state index in [0.717, 1.165) is 0 Å². The Labute approximate surface area is 105 Å². The normalized spacial score (nSPS) is 14.6. The van der Waals surface area contributed by atoms with Crippen LogP contribution in [0.1, 0.15) is 15.9 Å². The lowest BCUT2D eigenvalue weighted by molar-refractivity contribution is -0.114. The lowest BCUT2D eigenvalue weighted by Crippen LogP contribution is -2.36. The number of anilines is 1. The zero-order valence-electron chi connectivity index (χ0n) is 10.7. The van der Waals surface area contributed by atoms with Gasteiger partial charge < -0.3 is 9.80 Å². The first-order valence-corrected chi connectivity index (χ1v) is 5.73. The van der Waals surface area contributed by atoms with Gasteiger partial charge in [0.15, 0.2) is 0 Å². The number of fused-ring (bicyclic) bond motifs is 1. The van der Waals surface area contributed by atoms with Gasteiger partial charge >= 0.3 is 0 Å². The van der Waals surface area contributed by atoms with Crippen LogP contribution in [0.3, 0.4) is 0 Å². The first kappa shape index (κ1) is 12.7. The van der Waals surface area contributed by atoms with Crippen molar-refractivity contribution >= 4 is 17.4 Å². The minimum atomic E-state index is -0.642. The van der Waals surface area contributed by atoms with Gasteiger partial charge in [0.1, 0.15) is 5.82 Å². The molecule has 96 valence electrons. The summed E-state index contributed by atoms with van der Waals surface area (Å²) in [6.07, 6.45) is 0. The maximum atomic E-state index is 13.9. The number of rotatable bonds is 3. The molecule has 1 heterocycles. The quantitative estimate of drug-likeness (QED) is 0.757. The molecule has 0 N–H and O–H groups in total. The van der Waals surface area contributed by atoms with Gasteiger partial charge in [-0.3, -0.25) is 9.59 Å². The van der Waals surface area contributed by atoms with Crippen LogP contribution < -0.4 is 4.90 Å². The SMILES string of the molecule is Cc1cc(F)c2c(c1)C(=O)C(=O)N2CCN(C)C. The third-order valence-electron chi connectivity index (χ3n) is 2.93. The molecule has 18 heavy (non-hydrogen) atoms. The van der Waals surface area contributed by atoms with E-state index in [0.29, 0.717) is 18.7 Å². The molecule has 4 nitrogen and oxygen atoms in total. The first-order chi connectivity index (χ1) is 8.41. The predicted molar refractivity (Wildman–Crippen MR) is 66.4 cm³/mol. The van der Waals surface area contributed by atoms with Crippen LogP contribution in [-0.2, 0) is 4.79 Å². The van der Waals surface area contributed by atoms with Gasteiger partial charge in [0.25, 0.3) is 11.7 Å². The molecule has 0 bridgehead atoms. The molecule has 0 fully saturated rings. The molecule has 0 saturated heterocycles. The van der Waals surface area contributed by atoms with Crippen molar-refractivity contribution in [3.8, 4) is 0 Å².